The lowest BCUT2D eigenvalue weighted by Gasteiger charge is -2.33. The van der Waals surface area contributed by atoms with E-state index in [0.29, 0.717) is 41.6 Å². The molecule has 37 heavy (non-hydrogen) atoms. The zero-order chi connectivity index (χ0) is 25.4. The number of benzene rings is 1. The molecule has 192 valence electrons. The Kier molecular flexibility index (Phi) is 6.08. The van der Waals surface area contributed by atoms with Gasteiger partial charge in [-0.15, -0.1) is 0 Å². The zero-order valence-corrected chi connectivity index (χ0v) is 20.3. The number of carbonyl (C=O) groups is 2. The number of amides is 3. The van der Waals surface area contributed by atoms with Crippen molar-refractivity contribution < 1.29 is 14.7 Å². The van der Waals surface area contributed by atoms with Crippen molar-refractivity contribution in [3.05, 3.63) is 47.3 Å². The lowest BCUT2D eigenvalue weighted by molar-refractivity contribution is -0.115. The molecule has 0 atom stereocenters. The summed E-state index contributed by atoms with van der Waals surface area (Å²) in [5.41, 5.74) is 3.53. The Hall–Kier alpha value is -4.19. The van der Waals surface area contributed by atoms with E-state index in [0.717, 1.165) is 44.3 Å². The molecule has 2 aromatic heterocycles. The highest BCUT2D eigenvalue weighted by atomic mass is 16.3. The number of carbonyl (C=O) groups excluding carboxylic acids is 2. The molecule has 1 aromatic carbocycles. The molecule has 3 fully saturated rings. The fraction of sp³-hybridized carbons (Fsp3) is 0.400. The number of imide groups is 1. The molecule has 12 nitrogen and oxygen atoms in total. The molecular weight excluding hydrogens is 474 g/mol. The topological polar surface area (TPSA) is 149 Å². The number of hydrogen-bond acceptors (Lipinski definition) is 9. The molecule has 0 bridgehead atoms. The van der Waals surface area contributed by atoms with Crippen LogP contribution >= 0.6 is 0 Å². The summed E-state index contributed by atoms with van der Waals surface area (Å²) in [6.07, 6.45) is 7.33. The molecule has 1 saturated carbocycles. The van der Waals surface area contributed by atoms with E-state index in [4.69, 9.17) is 0 Å². The minimum absolute atomic E-state index is 0.144. The molecular formula is C25H29N9O3. The maximum absolute atomic E-state index is 12.0. The summed E-state index contributed by atoms with van der Waals surface area (Å²) in [6.45, 7) is 2.73. The lowest BCUT2D eigenvalue weighted by Crippen LogP contribution is -2.34. The Morgan fingerprint density at radius 3 is 2.51 bits per heavy atom. The molecule has 0 radical (unpaired) electrons. The van der Waals surface area contributed by atoms with Crippen molar-refractivity contribution in [2.45, 2.75) is 38.3 Å². The van der Waals surface area contributed by atoms with Crippen molar-refractivity contribution in [2.24, 2.45) is 5.92 Å². The van der Waals surface area contributed by atoms with Crippen LogP contribution in [0.2, 0.25) is 0 Å². The molecule has 1 aliphatic carbocycles. The molecule has 4 heterocycles. The van der Waals surface area contributed by atoms with Gasteiger partial charge in [0.05, 0.1) is 6.20 Å². The van der Waals surface area contributed by atoms with Gasteiger partial charge < -0.3 is 26.0 Å². The van der Waals surface area contributed by atoms with Gasteiger partial charge in [-0.3, -0.25) is 10.1 Å². The lowest BCUT2D eigenvalue weighted by atomic mass is 9.97. The monoisotopic (exact) mass is 503 g/mol. The Balaban J connectivity index is 1.20. The van der Waals surface area contributed by atoms with Crippen LogP contribution in [0.4, 0.5) is 22.4 Å². The number of nitrogens with zero attached hydrogens (tertiary/aromatic N) is 5. The van der Waals surface area contributed by atoms with Crippen LogP contribution in [-0.4, -0.2) is 62.4 Å². The van der Waals surface area contributed by atoms with Crippen LogP contribution in [0.5, 0.6) is 0 Å². The summed E-state index contributed by atoms with van der Waals surface area (Å²) >= 11 is 0. The van der Waals surface area contributed by atoms with E-state index in [1.165, 1.54) is 5.69 Å². The van der Waals surface area contributed by atoms with Gasteiger partial charge in [-0.1, -0.05) is 12.1 Å². The number of fused-ring (bicyclic) bond motifs is 1. The number of anilines is 3. The molecule has 3 aliphatic rings. The van der Waals surface area contributed by atoms with Gasteiger partial charge in [-0.25, -0.2) is 4.79 Å². The highest BCUT2D eigenvalue weighted by Crippen LogP contribution is 2.26. The third-order valence-electron chi connectivity index (χ3n) is 6.95. The minimum Gasteiger partial charge on any atom is -0.396 e. The molecule has 2 aliphatic heterocycles. The first-order chi connectivity index (χ1) is 18.1. The van der Waals surface area contributed by atoms with E-state index >= 15 is 0 Å². The highest BCUT2D eigenvalue weighted by Gasteiger charge is 2.26. The number of nitrogens with one attached hydrogen (secondary N) is 4. The van der Waals surface area contributed by atoms with Crippen LogP contribution < -0.4 is 26.2 Å². The second-order valence-electron chi connectivity index (χ2n) is 9.72. The largest absolute Gasteiger partial charge is 0.396 e. The van der Waals surface area contributed by atoms with Gasteiger partial charge in [0, 0.05) is 43.5 Å². The average Bonchev–Trinajstić information content (AvgIpc) is 3.55. The van der Waals surface area contributed by atoms with E-state index in [1.807, 2.05) is 0 Å². The summed E-state index contributed by atoms with van der Waals surface area (Å²) < 4.78 is 1.61. The summed E-state index contributed by atoms with van der Waals surface area (Å²) in [4.78, 5) is 35.1. The van der Waals surface area contributed by atoms with Crippen molar-refractivity contribution in [1.82, 2.24) is 30.2 Å². The smallest absolute Gasteiger partial charge is 0.326 e. The molecule has 12 heteroatoms. The minimum atomic E-state index is -0.554. The SMILES string of the molecule is O=C1NC(=O)/C(=C/c2cnn3c(NC4CC4)nc(NCc4ccc(N5CCC(CO)CC5)cc4)nc23)N1. The van der Waals surface area contributed by atoms with E-state index in [1.54, 1.807) is 16.8 Å². The second-order valence-corrected chi connectivity index (χ2v) is 9.72. The Morgan fingerprint density at radius 2 is 1.84 bits per heavy atom. The van der Waals surface area contributed by atoms with Crippen molar-refractivity contribution in [2.75, 3.05) is 35.2 Å². The standard InChI is InChI=1S/C25H29N9O3/c35-14-16-7-9-33(10-8-16)19-5-1-15(2-6-19)12-26-23-30-21-17(11-20-22(36)31-25(37)29-20)13-27-34(21)24(32-23)28-18-3-4-18/h1-2,5-6,11,13,16,18,35H,3-4,7-10,12,14H2,(H2,26,28,30,32)(H2,29,31,36,37)/b20-11-. The van der Waals surface area contributed by atoms with Crippen LogP contribution in [0, 0.1) is 5.92 Å². The van der Waals surface area contributed by atoms with Gasteiger partial charge in [0.1, 0.15) is 5.70 Å². The first kappa shape index (κ1) is 23.2. The van der Waals surface area contributed by atoms with Crippen molar-refractivity contribution in [3.63, 3.8) is 0 Å². The molecule has 0 unspecified atom stereocenters. The molecule has 6 rings (SSSR count). The molecule has 3 amide bonds. The highest BCUT2D eigenvalue weighted by molar-refractivity contribution is 6.14. The third-order valence-corrected chi connectivity index (χ3v) is 6.95. The number of aliphatic hydroxyl groups is 1. The van der Waals surface area contributed by atoms with Gasteiger partial charge in [0.2, 0.25) is 11.9 Å². The molecule has 0 spiro atoms. The maximum Gasteiger partial charge on any atom is 0.326 e. The number of urea groups is 1. The number of hydrogen-bond donors (Lipinski definition) is 5. The van der Waals surface area contributed by atoms with Crippen LogP contribution in [0.25, 0.3) is 11.7 Å². The Bertz CT molecular complexity index is 1360. The summed E-state index contributed by atoms with van der Waals surface area (Å²) in [5.74, 6) is 0.930. The third kappa shape index (κ3) is 5.05. The zero-order valence-electron chi connectivity index (χ0n) is 20.3. The fourth-order valence-corrected chi connectivity index (χ4v) is 4.60. The summed E-state index contributed by atoms with van der Waals surface area (Å²) in [5, 5.41) is 25.2. The van der Waals surface area contributed by atoms with Crippen LogP contribution in [0.3, 0.4) is 0 Å². The number of aliphatic hydroxyl groups excluding tert-OH is 1. The van der Waals surface area contributed by atoms with E-state index in [2.05, 4.69) is 65.5 Å². The normalized spacial score (nSPS) is 19.4. The van der Waals surface area contributed by atoms with Gasteiger partial charge >= 0.3 is 6.03 Å². The molecule has 5 N–H and O–H groups in total. The second kappa shape index (κ2) is 9.69. The van der Waals surface area contributed by atoms with E-state index in [-0.39, 0.29) is 12.3 Å². The van der Waals surface area contributed by atoms with Crippen molar-refractivity contribution >= 4 is 41.2 Å². The number of aromatic nitrogens is 4. The molecule has 3 aromatic rings. The quantitative estimate of drug-likeness (QED) is 0.229. The molecule has 2 saturated heterocycles. The van der Waals surface area contributed by atoms with Gasteiger partial charge in [0.15, 0.2) is 5.65 Å². The maximum atomic E-state index is 12.0. The summed E-state index contributed by atoms with van der Waals surface area (Å²) in [6, 6.07) is 8.25. The number of rotatable bonds is 8. The summed E-state index contributed by atoms with van der Waals surface area (Å²) in [7, 11) is 0. The van der Waals surface area contributed by atoms with Gasteiger partial charge in [0.25, 0.3) is 5.91 Å². The number of piperidine rings is 1. The predicted octanol–water partition coefficient (Wildman–Crippen LogP) is 1.70. The van der Waals surface area contributed by atoms with Gasteiger partial charge in [-0.2, -0.15) is 19.6 Å². The fourth-order valence-electron chi connectivity index (χ4n) is 4.60. The Morgan fingerprint density at radius 1 is 1.05 bits per heavy atom. The van der Waals surface area contributed by atoms with Crippen molar-refractivity contribution in [1.29, 1.82) is 0 Å². The predicted molar refractivity (Wildman–Crippen MR) is 138 cm³/mol. The first-order valence-corrected chi connectivity index (χ1v) is 12.6. The van der Waals surface area contributed by atoms with E-state index < -0.39 is 11.9 Å². The van der Waals surface area contributed by atoms with E-state index in [9.17, 15) is 14.7 Å². The van der Waals surface area contributed by atoms with Crippen LogP contribution in [0.1, 0.15) is 36.8 Å². The first-order valence-electron chi connectivity index (χ1n) is 12.6. The van der Waals surface area contributed by atoms with Gasteiger partial charge in [-0.05, 0) is 55.4 Å². The Labute approximate surface area is 213 Å². The average molecular weight is 504 g/mol. The van der Waals surface area contributed by atoms with Crippen molar-refractivity contribution in [3.8, 4) is 0 Å². The van der Waals surface area contributed by atoms with Crippen LogP contribution in [-0.2, 0) is 11.3 Å². The van der Waals surface area contributed by atoms with Crippen LogP contribution in [0.15, 0.2) is 36.2 Å².